The van der Waals surface area contributed by atoms with Gasteiger partial charge in [0, 0.05) is 44.3 Å². The molecule has 0 aromatic heterocycles. The van der Waals surface area contributed by atoms with Gasteiger partial charge in [-0.15, -0.1) is 0 Å². The minimum absolute atomic E-state index is 0.0596. The zero-order valence-electron chi connectivity index (χ0n) is 14.0. The molecular formula is C18H22F2N4O. The second kappa shape index (κ2) is 5.64. The number of carbonyl (C=O) groups is 1. The predicted molar refractivity (Wildman–Crippen MR) is 89.7 cm³/mol. The average molecular weight is 348 g/mol. The highest BCUT2D eigenvalue weighted by Crippen LogP contribution is 2.40. The van der Waals surface area contributed by atoms with Gasteiger partial charge in [-0.2, -0.15) is 0 Å². The first-order valence-corrected chi connectivity index (χ1v) is 9.16. The van der Waals surface area contributed by atoms with E-state index in [0.717, 1.165) is 45.4 Å². The number of fused-ring (bicyclic) bond motifs is 3. The summed E-state index contributed by atoms with van der Waals surface area (Å²) in [4.78, 5) is 16.4. The van der Waals surface area contributed by atoms with Gasteiger partial charge in [0.25, 0.3) is 5.91 Å². The molecule has 4 heterocycles. The molecule has 3 fully saturated rings. The third kappa shape index (κ3) is 2.22. The Labute approximate surface area is 145 Å². The number of amides is 1. The highest BCUT2D eigenvalue weighted by molar-refractivity contribution is 5.99. The first kappa shape index (κ1) is 15.5. The Morgan fingerprint density at radius 2 is 1.80 bits per heavy atom. The summed E-state index contributed by atoms with van der Waals surface area (Å²) in [5, 5.41) is 6.58. The number of hydrogen-bond acceptors (Lipinski definition) is 4. The molecule has 4 aliphatic heterocycles. The van der Waals surface area contributed by atoms with Gasteiger partial charge >= 0.3 is 0 Å². The number of nitrogens with zero attached hydrogens (tertiary/aromatic N) is 2. The van der Waals surface area contributed by atoms with Crippen molar-refractivity contribution < 1.29 is 13.6 Å². The summed E-state index contributed by atoms with van der Waals surface area (Å²) in [5.41, 5.74) is 0.897. The fraction of sp³-hybridized carbons (Fsp3) is 0.611. The minimum Gasteiger partial charge on any atom is -0.360 e. The first-order chi connectivity index (χ1) is 12.1. The molecule has 5 rings (SSSR count). The summed E-state index contributed by atoms with van der Waals surface area (Å²) in [6.45, 7) is 3.65. The fourth-order valence-electron chi connectivity index (χ4n) is 4.88. The quantitative estimate of drug-likeness (QED) is 0.844. The molecular weight excluding hydrogens is 326 g/mol. The van der Waals surface area contributed by atoms with Crippen LogP contribution in [0, 0.1) is 11.6 Å². The third-order valence-corrected chi connectivity index (χ3v) is 6.17. The molecule has 1 aromatic carbocycles. The normalized spacial score (nSPS) is 31.1. The number of carbonyl (C=O) groups excluding carboxylic acids is 1. The van der Waals surface area contributed by atoms with Crippen LogP contribution in [0.25, 0.3) is 0 Å². The second-order valence-electron chi connectivity index (χ2n) is 7.60. The van der Waals surface area contributed by atoms with E-state index < -0.39 is 11.6 Å². The number of halogens is 2. The van der Waals surface area contributed by atoms with Crippen molar-refractivity contribution in [2.24, 2.45) is 0 Å². The topological polar surface area (TPSA) is 47.6 Å². The molecule has 0 aliphatic carbocycles. The van der Waals surface area contributed by atoms with E-state index in [0.29, 0.717) is 17.8 Å². The standard InChI is InChI=1S/C18H22F2N4O/c19-16-14(24-12-5-13(24)8-22-7-12)4-10-9-23(11-2-1-3-21-6-11)18(25)15(10)17(16)20/h4,11-13,21-22H,1-3,5-9H2. The fourth-order valence-corrected chi connectivity index (χ4v) is 4.88. The molecule has 4 aliphatic rings. The van der Waals surface area contributed by atoms with Crippen LogP contribution in [0.4, 0.5) is 14.5 Å². The number of anilines is 1. The van der Waals surface area contributed by atoms with Crippen LogP contribution in [-0.2, 0) is 6.54 Å². The van der Waals surface area contributed by atoms with Crippen molar-refractivity contribution in [2.45, 2.75) is 43.9 Å². The van der Waals surface area contributed by atoms with Gasteiger partial charge < -0.3 is 20.4 Å². The molecule has 0 saturated carbocycles. The van der Waals surface area contributed by atoms with E-state index in [2.05, 4.69) is 10.6 Å². The third-order valence-electron chi connectivity index (χ3n) is 6.17. The van der Waals surface area contributed by atoms with Crippen molar-refractivity contribution >= 4 is 11.6 Å². The maximum Gasteiger partial charge on any atom is 0.257 e. The van der Waals surface area contributed by atoms with Gasteiger partial charge in [0.1, 0.15) is 0 Å². The van der Waals surface area contributed by atoms with Crippen molar-refractivity contribution in [1.29, 1.82) is 0 Å². The van der Waals surface area contributed by atoms with E-state index in [1.54, 1.807) is 11.0 Å². The summed E-state index contributed by atoms with van der Waals surface area (Å²) in [6, 6.07) is 2.22. The molecule has 0 spiro atoms. The van der Waals surface area contributed by atoms with Crippen molar-refractivity contribution in [2.75, 3.05) is 31.1 Å². The lowest BCUT2D eigenvalue weighted by Crippen LogP contribution is -2.68. The number of benzene rings is 1. The highest BCUT2D eigenvalue weighted by Gasteiger charge is 2.45. The van der Waals surface area contributed by atoms with Crippen LogP contribution < -0.4 is 15.5 Å². The van der Waals surface area contributed by atoms with Crippen molar-refractivity contribution in [3.8, 4) is 0 Å². The van der Waals surface area contributed by atoms with E-state index in [1.807, 2.05) is 4.90 Å². The van der Waals surface area contributed by atoms with E-state index in [9.17, 15) is 13.6 Å². The number of rotatable bonds is 2. The van der Waals surface area contributed by atoms with Crippen molar-refractivity contribution in [1.82, 2.24) is 15.5 Å². The second-order valence-corrected chi connectivity index (χ2v) is 7.60. The van der Waals surface area contributed by atoms with Gasteiger partial charge in [0.2, 0.25) is 0 Å². The zero-order valence-corrected chi connectivity index (χ0v) is 14.0. The maximum atomic E-state index is 14.8. The molecule has 3 atom stereocenters. The molecule has 134 valence electrons. The van der Waals surface area contributed by atoms with Gasteiger partial charge in [-0.05, 0) is 37.4 Å². The Morgan fingerprint density at radius 1 is 1.04 bits per heavy atom. The Kier molecular flexibility index (Phi) is 3.50. The summed E-state index contributed by atoms with van der Waals surface area (Å²) in [7, 11) is 0. The van der Waals surface area contributed by atoms with Gasteiger partial charge in [-0.25, -0.2) is 8.78 Å². The van der Waals surface area contributed by atoms with E-state index >= 15 is 0 Å². The van der Waals surface area contributed by atoms with Crippen LogP contribution in [0.5, 0.6) is 0 Å². The number of hydrogen-bond donors (Lipinski definition) is 2. The summed E-state index contributed by atoms with van der Waals surface area (Å²) < 4.78 is 29.5. The zero-order chi connectivity index (χ0) is 17.1. The monoisotopic (exact) mass is 348 g/mol. The molecule has 3 saturated heterocycles. The Bertz CT molecular complexity index is 720. The molecule has 1 amide bonds. The molecule has 25 heavy (non-hydrogen) atoms. The molecule has 5 nitrogen and oxygen atoms in total. The summed E-state index contributed by atoms with van der Waals surface area (Å²) >= 11 is 0. The van der Waals surface area contributed by atoms with Gasteiger partial charge in [-0.1, -0.05) is 0 Å². The Balaban J connectivity index is 1.49. The maximum absolute atomic E-state index is 14.8. The Morgan fingerprint density at radius 3 is 2.48 bits per heavy atom. The van der Waals surface area contributed by atoms with Crippen molar-refractivity contribution in [3.63, 3.8) is 0 Å². The molecule has 1 aromatic rings. The largest absolute Gasteiger partial charge is 0.360 e. The lowest BCUT2D eigenvalue weighted by molar-refractivity contribution is 0.0671. The van der Waals surface area contributed by atoms with Gasteiger partial charge in [0.05, 0.1) is 11.3 Å². The smallest absolute Gasteiger partial charge is 0.257 e. The number of piperazine rings is 1. The highest BCUT2D eigenvalue weighted by atomic mass is 19.2. The summed E-state index contributed by atoms with van der Waals surface area (Å²) in [5.74, 6) is -2.20. The molecule has 3 unspecified atom stereocenters. The average Bonchev–Trinajstić information content (AvgIpc) is 2.97. The van der Waals surface area contributed by atoms with Gasteiger partial charge in [-0.3, -0.25) is 4.79 Å². The molecule has 7 heteroatoms. The lowest BCUT2D eigenvalue weighted by Gasteiger charge is -2.54. The van der Waals surface area contributed by atoms with E-state index in [1.165, 1.54) is 0 Å². The van der Waals surface area contributed by atoms with Crippen LogP contribution in [-0.4, -0.2) is 55.1 Å². The van der Waals surface area contributed by atoms with E-state index in [4.69, 9.17) is 0 Å². The van der Waals surface area contributed by atoms with E-state index in [-0.39, 0.29) is 29.6 Å². The predicted octanol–water partition coefficient (Wildman–Crippen LogP) is 1.22. The SMILES string of the molecule is O=C1c2c(cc(N3C4CNCC3C4)c(F)c2F)CN1C1CCCNC1. The van der Waals surface area contributed by atoms with Crippen LogP contribution in [0.1, 0.15) is 35.2 Å². The van der Waals surface area contributed by atoms with Crippen molar-refractivity contribution in [3.05, 3.63) is 28.8 Å². The Hall–Kier alpha value is -1.73. The first-order valence-electron chi connectivity index (χ1n) is 9.16. The minimum atomic E-state index is -0.971. The van der Waals surface area contributed by atoms with Gasteiger partial charge in [0.15, 0.2) is 11.6 Å². The number of nitrogens with one attached hydrogen (secondary N) is 2. The summed E-state index contributed by atoms with van der Waals surface area (Å²) in [6.07, 6.45) is 2.92. The molecule has 2 bridgehead atoms. The molecule has 0 radical (unpaired) electrons. The van der Waals surface area contributed by atoms with Crippen LogP contribution in [0.3, 0.4) is 0 Å². The lowest BCUT2D eigenvalue weighted by atomic mass is 9.87. The molecule has 2 N–H and O–H groups in total. The number of piperidine rings is 2. The van der Waals surface area contributed by atoms with Crippen LogP contribution >= 0.6 is 0 Å². The van der Waals surface area contributed by atoms with Crippen LogP contribution in [0.2, 0.25) is 0 Å². The van der Waals surface area contributed by atoms with Crippen LogP contribution in [0.15, 0.2) is 6.07 Å².